The van der Waals surface area contributed by atoms with E-state index >= 15 is 0 Å². The fourth-order valence-corrected chi connectivity index (χ4v) is 2.64. The molecule has 1 aliphatic rings. The van der Waals surface area contributed by atoms with Crippen LogP contribution in [-0.2, 0) is 9.53 Å². The minimum Gasteiger partial charge on any atom is -0.465 e. The van der Waals surface area contributed by atoms with Gasteiger partial charge in [0.05, 0.1) is 28.8 Å². The molecule has 0 spiro atoms. The Morgan fingerprint density at radius 1 is 1.35 bits per heavy atom. The molecule has 1 aromatic carbocycles. The Hall–Kier alpha value is -0.970. The highest BCUT2D eigenvalue weighted by Gasteiger charge is 2.67. The summed E-state index contributed by atoms with van der Waals surface area (Å²) in [5, 5.41) is 2.95. The zero-order valence-electron chi connectivity index (χ0n) is 10.8. The van der Waals surface area contributed by atoms with Gasteiger partial charge in [-0.1, -0.05) is 11.6 Å². The summed E-state index contributed by atoms with van der Waals surface area (Å²) in [5.41, 5.74) is -0.256. The molecular formula is C13H12Cl3NO3. The minimum absolute atomic E-state index is 0.288. The van der Waals surface area contributed by atoms with Crippen LogP contribution in [0.2, 0.25) is 5.02 Å². The van der Waals surface area contributed by atoms with E-state index in [9.17, 15) is 9.59 Å². The van der Waals surface area contributed by atoms with Gasteiger partial charge in [0.15, 0.2) is 0 Å². The Balaban J connectivity index is 2.22. The van der Waals surface area contributed by atoms with E-state index in [1.54, 1.807) is 6.92 Å². The lowest BCUT2D eigenvalue weighted by Gasteiger charge is -2.14. The molecule has 108 valence electrons. The van der Waals surface area contributed by atoms with Crippen LogP contribution in [0.4, 0.5) is 5.69 Å². The first kappa shape index (κ1) is 15.4. The van der Waals surface area contributed by atoms with Gasteiger partial charge in [-0.3, -0.25) is 4.79 Å². The molecule has 0 heterocycles. The third kappa shape index (κ3) is 2.60. The first-order valence-corrected chi connectivity index (χ1v) is 6.92. The molecule has 4 nitrogen and oxygen atoms in total. The third-order valence-electron chi connectivity index (χ3n) is 3.39. The van der Waals surface area contributed by atoms with Gasteiger partial charge >= 0.3 is 5.97 Å². The van der Waals surface area contributed by atoms with Crippen LogP contribution in [0, 0.1) is 5.41 Å². The average Bonchev–Trinajstić information content (AvgIpc) is 2.91. The summed E-state index contributed by atoms with van der Waals surface area (Å²) < 4.78 is 3.55. The zero-order valence-corrected chi connectivity index (χ0v) is 13.1. The van der Waals surface area contributed by atoms with Crippen molar-refractivity contribution in [3.63, 3.8) is 0 Å². The third-order valence-corrected chi connectivity index (χ3v) is 4.83. The lowest BCUT2D eigenvalue weighted by molar-refractivity contribution is -0.120. The van der Waals surface area contributed by atoms with E-state index in [0.29, 0.717) is 17.1 Å². The summed E-state index contributed by atoms with van der Waals surface area (Å²) >= 11 is 17.9. The smallest absolute Gasteiger partial charge is 0.337 e. The second-order valence-corrected chi connectivity index (χ2v) is 6.74. The van der Waals surface area contributed by atoms with Gasteiger partial charge in [0.2, 0.25) is 5.91 Å². The molecule has 1 N–H and O–H groups in total. The maximum absolute atomic E-state index is 12.2. The number of carbonyl (C=O) groups excluding carboxylic acids is 2. The van der Waals surface area contributed by atoms with Gasteiger partial charge in [-0.2, -0.15) is 0 Å². The van der Waals surface area contributed by atoms with Gasteiger partial charge < -0.3 is 10.1 Å². The summed E-state index contributed by atoms with van der Waals surface area (Å²) in [6, 6.07) is 4.46. The molecule has 0 aliphatic heterocycles. The van der Waals surface area contributed by atoms with Crippen LogP contribution in [0.25, 0.3) is 0 Å². The van der Waals surface area contributed by atoms with E-state index in [2.05, 4.69) is 10.1 Å². The van der Waals surface area contributed by atoms with Gasteiger partial charge in [0.1, 0.15) is 4.33 Å². The van der Waals surface area contributed by atoms with Crippen molar-refractivity contribution in [1.82, 2.24) is 0 Å². The number of hydrogen-bond acceptors (Lipinski definition) is 3. The molecule has 0 bridgehead atoms. The molecule has 1 saturated carbocycles. The molecule has 2 rings (SSSR count). The number of carbonyl (C=O) groups is 2. The Bertz CT molecular complexity index is 588. The van der Waals surface area contributed by atoms with E-state index < -0.39 is 15.7 Å². The number of esters is 1. The van der Waals surface area contributed by atoms with E-state index in [0.717, 1.165) is 0 Å². The number of rotatable bonds is 3. The van der Waals surface area contributed by atoms with Gasteiger partial charge in [-0.15, -0.1) is 23.2 Å². The predicted molar refractivity (Wildman–Crippen MR) is 78.6 cm³/mol. The lowest BCUT2D eigenvalue weighted by atomic mass is 10.1. The van der Waals surface area contributed by atoms with Crippen LogP contribution in [-0.4, -0.2) is 23.3 Å². The number of benzene rings is 1. The highest BCUT2D eigenvalue weighted by atomic mass is 35.5. The number of halogens is 3. The van der Waals surface area contributed by atoms with Crippen LogP contribution in [0.15, 0.2) is 18.2 Å². The first-order valence-electron chi connectivity index (χ1n) is 5.78. The SMILES string of the molecule is COC(=O)c1ccc(Cl)c(NC(=O)C2(C)CC2(Cl)Cl)c1. The van der Waals surface area contributed by atoms with E-state index in [-0.39, 0.29) is 11.5 Å². The van der Waals surface area contributed by atoms with Crippen molar-refractivity contribution in [3.8, 4) is 0 Å². The molecule has 0 saturated heterocycles. The fraction of sp³-hybridized carbons (Fsp3) is 0.385. The Morgan fingerprint density at radius 3 is 2.45 bits per heavy atom. The normalized spacial score (nSPS) is 23.1. The quantitative estimate of drug-likeness (QED) is 0.677. The average molecular weight is 337 g/mol. The van der Waals surface area contributed by atoms with Gasteiger partial charge in [0.25, 0.3) is 0 Å². The fourth-order valence-electron chi connectivity index (χ4n) is 1.77. The number of anilines is 1. The summed E-state index contributed by atoms with van der Waals surface area (Å²) in [7, 11) is 1.27. The van der Waals surface area contributed by atoms with E-state index in [1.807, 2.05) is 0 Å². The largest absolute Gasteiger partial charge is 0.465 e. The van der Waals surface area contributed by atoms with Crippen molar-refractivity contribution < 1.29 is 14.3 Å². The summed E-state index contributed by atoms with van der Waals surface area (Å²) in [6.45, 7) is 1.67. The second kappa shape index (κ2) is 5.10. The molecule has 7 heteroatoms. The molecule has 0 aromatic heterocycles. The lowest BCUT2D eigenvalue weighted by Crippen LogP contribution is -2.26. The Morgan fingerprint density at radius 2 is 1.95 bits per heavy atom. The topological polar surface area (TPSA) is 55.4 Å². The van der Waals surface area contributed by atoms with Gasteiger partial charge in [-0.05, 0) is 31.5 Å². The Kier molecular flexibility index (Phi) is 3.93. The molecule has 1 atom stereocenters. The molecule has 20 heavy (non-hydrogen) atoms. The van der Waals surface area contributed by atoms with Crippen molar-refractivity contribution in [2.45, 2.75) is 17.7 Å². The van der Waals surface area contributed by atoms with Crippen molar-refractivity contribution in [2.24, 2.45) is 5.41 Å². The van der Waals surface area contributed by atoms with Crippen molar-refractivity contribution >= 4 is 52.4 Å². The minimum atomic E-state index is -1.07. The van der Waals surface area contributed by atoms with Gasteiger partial charge in [-0.25, -0.2) is 4.79 Å². The maximum atomic E-state index is 12.2. The van der Waals surface area contributed by atoms with Crippen LogP contribution in [0.5, 0.6) is 0 Å². The summed E-state index contributed by atoms with van der Waals surface area (Å²) in [6.07, 6.45) is 0.364. The molecule has 1 fully saturated rings. The van der Waals surface area contributed by atoms with Crippen molar-refractivity contribution in [2.75, 3.05) is 12.4 Å². The van der Waals surface area contributed by atoms with Crippen LogP contribution in [0.1, 0.15) is 23.7 Å². The van der Waals surface area contributed by atoms with Crippen molar-refractivity contribution in [3.05, 3.63) is 28.8 Å². The van der Waals surface area contributed by atoms with E-state index in [4.69, 9.17) is 34.8 Å². The van der Waals surface area contributed by atoms with Crippen LogP contribution < -0.4 is 5.32 Å². The number of nitrogens with one attached hydrogen (secondary N) is 1. The van der Waals surface area contributed by atoms with E-state index in [1.165, 1.54) is 25.3 Å². The number of alkyl halides is 2. The molecular weight excluding hydrogens is 325 g/mol. The molecule has 0 radical (unpaired) electrons. The number of ether oxygens (including phenoxy) is 1. The number of hydrogen-bond donors (Lipinski definition) is 1. The standard InChI is InChI=1S/C13H12Cl3NO3/c1-12(6-13(12,15)16)11(19)17-9-5-7(10(18)20-2)3-4-8(9)14/h3-5H,6H2,1-2H3,(H,17,19). The molecule has 1 unspecified atom stereocenters. The molecule has 1 aliphatic carbocycles. The second-order valence-electron chi connectivity index (χ2n) is 4.85. The maximum Gasteiger partial charge on any atom is 0.337 e. The number of methoxy groups -OCH3 is 1. The predicted octanol–water partition coefficient (Wildman–Crippen LogP) is 3.65. The number of amides is 1. The van der Waals surface area contributed by atoms with Crippen LogP contribution in [0.3, 0.4) is 0 Å². The Labute approximate surface area is 131 Å². The monoisotopic (exact) mass is 335 g/mol. The summed E-state index contributed by atoms with van der Waals surface area (Å²) in [4.78, 5) is 23.6. The molecule has 1 aromatic rings. The van der Waals surface area contributed by atoms with Crippen molar-refractivity contribution in [1.29, 1.82) is 0 Å². The highest BCUT2D eigenvalue weighted by Crippen LogP contribution is 2.64. The zero-order chi connectivity index (χ0) is 15.1. The first-order chi connectivity index (χ1) is 9.21. The molecule has 1 amide bonds. The van der Waals surface area contributed by atoms with Crippen LogP contribution >= 0.6 is 34.8 Å². The highest BCUT2D eigenvalue weighted by molar-refractivity contribution is 6.53. The summed E-state index contributed by atoms with van der Waals surface area (Å²) in [5.74, 6) is -0.856. The van der Waals surface area contributed by atoms with Gasteiger partial charge in [0, 0.05) is 0 Å².